The van der Waals surface area contributed by atoms with Crippen LogP contribution < -0.4 is 0 Å². The van der Waals surface area contributed by atoms with Crippen LogP contribution in [0, 0.1) is 16.0 Å². The van der Waals surface area contributed by atoms with Gasteiger partial charge in [0.15, 0.2) is 0 Å². The number of hydrogen-bond acceptors (Lipinski definition) is 7. The standard InChI is InChI=1S/C16H23N3O5/c1-12(16(21)24-2)10-17-5-7-18(8-6-17)11-13-9-14(19(22)23)3-4-15(13)20/h3-4,9,12,20H,5-8,10-11H2,1-2H3. The fourth-order valence-electron chi connectivity index (χ4n) is 2.85. The summed E-state index contributed by atoms with van der Waals surface area (Å²) in [6.07, 6.45) is 0. The first-order chi connectivity index (χ1) is 11.4. The van der Waals surface area contributed by atoms with Gasteiger partial charge in [0, 0.05) is 57.0 Å². The van der Waals surface area contributed by atoms with Crippen molar-refractivity contribution in [1.82, 2.24) is 9.80 Å². The number of carbonyl (C=O) groups excluding carboxylic acids is 1. The molecule has 2 rings (SSSR count). The first-order valence-electron chi connectivity index (χ1n) is 7.89. The van der Waals surface area contributed by atoms with Crippen LogP contribution in [-0.4, -0.2) is 65.6 Å². The summed E-state index contributed by atoms with van der Waals surface area (Å²) in [7, 11) is 1.39. The van der Waals surface area contributed by atoms with E-state index in [1.54, 1.807) is 0 Å². The number of hydrogen-bond donors (Lipinski definition) is 1. The second-order valence-electron chi connectivity index (χ2n) is 6.07. The summed E-state index contributed by atoms with van der Waals surface area (Å²) in [5.74, 6) is -0.302. The maximum absolute atomic E-state index is 11.5. The molecule has 1 aromatic carbocycles. The minimum atomic E-state index is -0.463. The van der Waals surface area contributed by atoms with Crippen molar-refractivity contribution in [3.8, 4) is 5.75 Å². The van der Waals surface area contributed by atoms with E-state index < -0.39 is 4.92 Å². The predicted molar refractivity (Wildman–Crippen MR) is 87.7 cm³/mol. The zero-order valence-corrected chi connectivity index (χ0v) is 14.0. The lowest BCUT2D eigenvalue weighted by atomic mass is 10.1. The molecule has 1 fully saturated rings. The Morgan fingerprint density at radius 3 is 2.54 bits per heavy atom. The molecule has 1 N–H and O–H groups in total. The van der Waals surface area contributed by atoms with E-state index in [0.29, 0.717) is 18.7 Å². The van der Waals surface area contributed by atoms with Gasteiger partial charge in [0.05, 0.1) is 18.0 Å². The van der Waals surface area contributed by atoms with Gasteiger partial charge in [-0.15, -0.1) is 0 Å². The molecule has 1 aliphatic rings. The minimum Gasteiger partial charge on any atom is -0.508 e. The minimum absolute atomic E-state index is 0.0201. The maximum Gasteiger partial charge on any atom is 0.309 e. The molecule has 1 aromatic rings. The van der Waals surface area contributed by atoms with Crippen LogP contribution in [0.1, 0.15) is 12.5 Å². The fourth-order valence-corrected chi connectivity index (χ4v) is 2.85. The number of carbonyl (C=O) groups is 1. The number of benzene rings is 1. The molecule has 0 saturated carbocycles. The molecule has 0 spiro atoms. The number of phenolic OH excluding ortho intramolecular Hbond substituents is 1. The largest absolute Gasteiger partial charge is 0.508 e. The van der Waals surface area contributed by atoms with Crippen LogP contribution >= 0.6 is 0 Å². The number of nitrogens with zero attached hydrogens (tertiary/aromatic N) is 3. The summed E-state index contributed by atoms with van der Waals surface area (Å²) >= 11 is 0. The van der Waals surface area contributed by atoms with E-state index in [1.807, 2.05) is 6.92 Å². The molecule has 0 amide bonds. The van der Waals surface area contributed by atoms with E-state index >= 15 is 0 Å². The Labute approximate surface area is 140 Å². The van der Waals surface area contributed by atoms with Crippen molar-refractivity contribution < 1.29 is 19.6 Å². The molecule has 1 unspecified atom stereocenters. The fraction of sp³-hybridized carbons (Fsp3) is 0.562. The Morgan fingerprint density at radius 1 is 1.33 bits per heavy atom. The van der Waals surface area contributed by atoms with Gasteiger partial charge in [0.25, 0.3) is 5.69 Å². The lowest BCUT2D eigenvalue weighted by molar-refractivity contribution is -0.385. The first-order valence-corrected chi connectivity index (χ1v) is 7.89. The predicted octanol–water partition coefficient (Wildman–Crippen LogP) is 1.23. The van der Waals surface area contributed by atoms with Gasteiger partial charge in [-0.1, -0.05) is 6.92 Å². The number of aromatic hydroxyl groups is 1. The average molecular weight is 337 g/mol. The SMILES string of the molecule is COC(=O)C(C)CN1CCN(Cc2cc([N+](=O)[O-])ccc2O)CC1. The molecule has 1 aliphatic heterocycles. The van der Waals surface area contributed by atoms with Gasteiger partial charge in [0.1, 0.15) is 5.75 Å². The molecule has 1 heterocycles. The van der Waals surface area contributed by atoms with E-state index in [-0.39, 0.29) is 23.3 Å². The van der Waals surface area contributed by atoms with Gasteiger partial charge in [0.2, 0.25) is 0 Å². The third-order valence-electron chi connectivity index (χ3n) is 4.27. The molecule has 0 aliphatic carbocycles. The number of ether oxygens (including phenoxy) is 1. The molecule has 132 valence electrons. The van der Waals surface area contributed by atoms with Crippen LogP contribution in [0.2, 0.25) is 0 Å². The van der Waals surface area contributed by atoms with Gasteiger partial charge < -0.3 is 9.84 Å². The normalized spacial score (nSPS) is 17.4. The van der Waals surface area contributed by atoms with E-state index in [2.05, 4.69) is 9.80 Å². The number of non-ortho nitro benzene ring substituents is 1. The Hall–Kier alpha value is -2.19. The molecule has 8 heteroatoms. The van der Waals surface area contributed by atoms with Crippen LogP contribution in [0.3, 0.4) is 0 Å². The molecular formula is C16H23N3O5. The van der Waals surface area contributed by atoms with Crippen LogP contribution in [0.5, 0.6) is 5.75 Å². The average Bonchev–Trinajstić information content (AvgIpc) is 2.57. The molecular weight excluding hydrogens is 314 g/mol. The van der Waals surface area contributed by atoms with E-state index in [9.17, 15) is 20.0 Å². The molecule has 0 aromatic heterocycles. The number of nitro benzene ring substituents is 1. The van der Waals surface area contributed by atoms with Crippen LogP contribution in [-0.2, 0) is 16.1 Å². The quantitative estimate of drug-likeness (QED) is 0.474. The van der Waals surface area contributed by atoms with Crippen LogP contribution in [0.15, 0.2) is 18.2 Å². The number of esters is 1. The van der Waals surface area contributed by atoms with Crippen molar-refractivity contribution in [3.63, 3.8) is 0 Å². The van der Waals surface area contributed by atoms with Crippen molar-refractivity contribution in [3.05, 3.63) is 33.9 Å². The number of nitro groups is 1. The highest BCUT2D eigenvalue weighted by molar-refractivity contribution is 5.72. The molecule has 24 heavy (non-hydrogen) atoms. The van der Waals surface area contributed by atoms with E-state index in [1.165, 1.54) is 25.3 Å². The maximum atomic E-state index is 11.5. The topological polar surface area (TPSA) is 96.2 Å². The van der Waals surface area contributed by atoms with Crippen molar-refractivity contribution >= 4 is 11.7 Å². The van der Waals surface area contributed by atoms with Crippen molar-refractivity contribution in [2.45, 2.75) is 13.5 Å². The summed E-state index contributed by atoms with van der Waals surface area (Å²) < 4.78 is 4.74. The van der Waals surface area contributed by atoms with Crippen LogP contribution in [0.25, 0.3) is 0 Å². The van der Waals surface area contributed by atoms with Crippen LogP contribution in [0.4, 0.5) is 5.69 Å². The summed E-state index contributed by atoms with van der Waals surface area (Å²) in [5, 5.41) is 20.7. The first kappa shape index (κ1) is 18.2. The third-order valence-corrected chi connectivity index (χ3v) is 4.27. The number of methoxy groups -OCH3 is 1. The molecule has 8 nitrogen and oxygen atoms in total. The van der Waals surface area contributed by atoms with Crippen molar-refractivity contribution in [1.29, 1.82) is 0 Å². The Balaban J connectivity index is 1.88. The smallest absolute Gasteiger partial charge is 0.309 e. The van der Waals surface area contributed by atoms with Gasteiger partial charge in [-0.2, -0.15) is 0 Å². The molecule has 0 bridgehead atoms. The summed E-state index contributed by atoms with van der Waals surface area (Å²) in [5.41, 5.74) is 0.536. The zero-order valence-electron chi connectivity index (χ0n) is 14.0. The van der Waals surface area contributed by atoms with Crippen molar-refractivity contribution in [2.24, 2.45) is 5.92 Å². The highest BCUT2D eigenvalue weighted by Crippen LogP contribution is 2.24. The molecule has 1 atom stereocenters. The van der Waals surface area contributed by atoms with Gasteiger partial charge in [-0.3, -0.25) is 24.7 Å². The van der Waals surface area contributed by atoms with Gasteiger partial charge >= 0.3 is 5.97 Å². The second kappa shape index (κ2) is 8.07. The van der Waals surface area contributed by atoms with E-state index in [4.69, 9.17) is 4.74 Å². The third kappa shape index (κ3) is 4.65. The summed E-state index contributed by atoms with van der Waals surface area (Å²) in [6.45, 7) is 6.12. The Morgan fingerprint density at radius 2 is 1.96 bits per heavy atom. The lowest BCUT2D eigenvalue weighted by Crippen LogP contribution is -2.47. The lowest BCUT2D eigenvalue weighted by Gasteiger charge is -2.35. The highest BCUT2D eigenvalue weighted by Gasteiger charge is 2.23. The zero-order chi connectivity index (χ0) is 17.7. The number of rotatable bonds is 6. The number of phenols is 1. The molecule has 1 saturated heterocycles. The highest BCUT2D eigenvalue weighted by atomic mass is 16.6. The van der Waals surface area contributed by atoms with E-state index in [0.717, 1.165) is 26.2 Å². The number of piperazine rings is 1. The summed E-state index contributed by atoms with van der Waals surface area (Å²) in [6, 6.07) is 4.08. The Bertz CT molecular complexity index is 599. The van der Waals surface area contributed by atoms with Gasteiger partial charge in [-0.05, 0) is 6.07 Å². The Kier molecular flexibility index (Phi) is 6.10. The van der Waals surface area contributed by atoms with Gasteiger partial charge in [-0.25, -0.2) is 0 Å². The second-order valence-corrected chi connectivity index (χ2v) is 6.07. The monoisotopic (exact) mass is 337 g/mol. The summed E-state index contributed by atoms with van der Waals surface area (Å²) in [4.78, 5) is 26.2. The molecule has 0 radical (unpaired) electrons. The van der Waals surface area contributed by atoms with Crippen molar-refractivity contribution in [2.75, 3.05) is 39.8 Å².